The predicted octanol–water partition coefficient (Wildman–Crippen LogP) is 2.77. The molecule has 0 rings (SSSR count). The molecule has 0 aromatic carbocycles. The van der Waals surface area contributed by atoms with Gasteiger partial charge in [0.15, 0.2) is 6.29 Å². The summed E-state index contributed by atoms with van der Waals surface area (Å²) in [6.07, 6.45) is 8.30. The Morgan fingerprint density at radius 2 is 1.85 bits per heavy atom. The van der Waals surface area contributed by atoms with Gasteiger partial charge in [-0.25, -0.2) is 0 Å². The highest BCUT2D eigenvalue weighted by Gasteiger charge is 1.97. The second-order valence-electron chi connectivity index (χ2n) is 3.23. The van der Waals surface area contributed by atoms with Crippen molar-refractivity contribution in [2.45, 2.75) is 51.9 Å². The van der Waals surface area contributed by atoms with Crippen LogP contribution in [0, 0.1) is 0 Å². The van der Waals surface area contributed by atoms with E-state index in [1.165, 1.54) is 25.7 Å². The first kappa shape index (κ1) is 12.1. The van der Waals surface area contributed by atoms with Crippen molar-refractivity contribution in [3.8, 4) is 0 Å². The maximum atomic E-state index is 10.2. The SMILES string of the molecule is CCCCCCCC/C(C=O)=N\O. The number of hydrogen-bond donors (Lipinski definition) is 1. The van der Waals surface area contributed by atoms with E-state index in [0.717, 1.165) is 12.8 Å². The summed E-state index contributed by atoms with van der Waals surface area (Å²) >= 11 is 0. The molecule has 0 fully saturated rings. The van der Waals surface area contributed by atoms with E-state index >= 15 is 0 Å². The van der Waals surface area contributed by atoms with E-state index in [9.17, 15) is 4.79 Å². The van der Waals surface area contributed by atoms with Crippen LogP contribution in [0.3, 0.4) is 0 Å². The number of aldehydes is 1. The molecule has 0 aliphatic carbocycles. The van der Waals surface area contributed by atoms with Crippen LogP contribution in [0.25, 0.3) is 0 Å². The van der Waals surface area contributed by atoms with E-state index in [-0.39, 0.29) is 5.71 Å². The Bertz CT molecular complexity index is 155. The number of carbonyl (C=O) groups is 1. The summed E-state index contributed by atoms with van der Waals surface area (Å²) in [7, 11) is 0. The highest BCUT2D eigenvalue weighted by Crippen LogP contribution is 2.06. The molecule has 0 aromatic heterocycles. The zero-order valence-corrected chi connectivity index (χ0v) is 8.33. The van der Waals surface area contributed by atoms with Gasteiger partial charge >= 0.3 is 0 Å². The summed E-state index contributed by atoms with van der Waals surface area (Å²) in [4.78, 5) is 10.2. The lowest BCUT2D eigenvalue weighted by atomic mass is 10.1. The molecule has 1 N–H and O–H groups in total. The number of nitrogens with zero attached hydrogens (tertiary/aromatic N) is 1. The van der Waals surface area contributed by atoms with Crippen molar-refractivity contribution in [3.05, 3.63) is 0 Å². The molecular formula is C10H19NO2. The van der Waals surface area contributed by atoms with E-state index in [1.807, 2.05) is 0 Å². The summed E-state index contributed by atoms with van der Waals surface area (Å²) in [5.41, 5.74) is 0.260. The van der Waals surface area contributed by atoms with E-state index in [1.54, 1.807) is 0 Å². The maximum absolute atomic E-state index is 10.2. The molecule has 0 saturated heterocycles. The zero-order chi connectivity index (χ0) is 9.94. The molecule has 0 aliphatic rings. The summed E-state index contributed by atoms with van der Waals surface area (Å²) in [6.45, 7) is 2.18. The van der Waals surface area contributed by atoms with Crippen LogP contribution in [0.4, 0.5) is 0 Å². The Labute approximate surface area is 79.8 Å². The van der Waals surface area contributed by atoms with Crippen molar-refractivity contribution in [1.29, 1.82) is 0 Å². The third kappa shape index (κ3) is 7.50. The molecule has 0 atom stereocenters. The van der Waals surface area contributed by atoms with Gasteiger partial charge in [0.25, 0.3) is 0 Å². The van der Waals surface area contributed by atoms with Crippen LogP contribution < -0.4 is 0 Å². The first-order chi connectivity index (χ1) is 6.35. The molecule has 0 unspecified atom stereocenters. The molecule has 0 bridgehead atoms. The van der Waals surface area contributed by atoms with Crippen molar-refractivity contribution < 1.29 is 10.0 Å². The minimum atomic E-state index is 0.260. The Balaban J connectivity index is 3.20. The quantitative estimate of drug-likeness (QED) is 0.208. The van der Waals surface area contributed by atoms with E-state index in [2.05, 4.69) is 12.1 Å². The van der Waals surface area contributed by atoms with Gasteiger partial charge in [0.05, 0.1) is 0 Å². The van der Waals surface area contributed by atoms with E-state index in [4.69, 9.17) is 5.21 Å². The molecule has 0 aromatic rings. The van der Waals surface area contributed by atoms with Gasteiger partial charge in [-0.2, -0.15) is 0 Å². The van der Waals surface area contributed by atoms with E-state index < -0.39 is 0 Å². The Morgan fingerprint density at radius 3 is 2.38 bits per heavy atom. The normalized spacial score (nSPS) is 11.6. The Morgan fingerprint density at radius 1 is 1.23 bits per heavy atom. The fourth-order valence-corrected chi connectivity index (χ4v) is 1.22. The lowest BCUT2D eigenvalue weighted by molar-refractivity contribution is -0.102. The van der Waals surface area contributed by atoms with Crippen LogP contribution in [-0.4, -0.2) is 17.2 Å². The third-order valence-electron chi connectivity index (χ3n) is 2.05. The van der Waals surface area contributed by atoms with Crippen LogP contribution in [0.1, 0.15) is 51.9 Å². The van der Waals surface area contributed by atoms with Crippen molar-refractivity contribution in [3.63, 3.8) is 0 Å². The Kier molecular flexibility index (Phi) is 8.62. The first-order valence-electron chi connectivity index (χ1n) is 5.01. The fourth-order valence-electron chi connectivity index (χ4n) is 1.22. The van der Waals surface area contributed by atoms with Crippen LogP contribution in [0.15, 0.2) is 5.16 Å². The minimum Gasteiger partial charge on any atom is -0.411 e. The van der Waals surface area contributed by atoms with Gasteiger partial charge in [0.1, 0.15) is 5.71 Å². The van der Waals surface area contributed by atoms with Gasteiger partial charge in [-0.15, -0.1) is 0 Å². The molecular weight excluding hydrogens is 166 g/mol. The molecule has 0 radical (unpaired) electrons. The van der Waals surface area contributed by atoms with Crippen molar-refractivity contribution >= 4 is 12.0 Å². The van der Waals surface area contributed by atoms with Crippen molar-refractivity contribution in [2.24, 2.45) is 5.16 Å². The molecule has 0 aliphatic heterocycles. The highest BCUT2D eigenvalue weighted by molar-refractivity contribution is 6.27. The summed E-state index contributed by atoms with van der Waals surface area (Å²) in [5, 5.41) is 11.2. The predicted molar refractivity (Wildman–Crippen MR) is 53.3 cm³/mol. The number of oxime groups is 1. The van der Waals surface area contributed by atoms with Gasteiger partial charge in [0, 0.05) is 0 Å². The number of hydrogen-bond acceptors (Lipinski definition) is 3. The smallest absolute Gasteiger partial charge is 0.167 e. The van der Waals surface area contributed by atoms with Gasteiger partial charge in [-0.1, -0.05) is 44.2 Å². The molecule has 0 spiro atoms. The lowest BCUT2D eigenvalue weighted by Gasteiger charge is -1.98. The largest absolute Gasteiger partial charge is 0.411 e. The summed E-state index contributed by atoms with van der Waals surface area (Å²) < 4.78 is 0. The Hall–Kier alpha value is -0.860. The molecule has 0 saturated carbocycles. The number of carbonyl (C=O) groups excluding carboxylic acids is 1. The second-order valence-corrected chi connectivity index (χ2v) is 3.23. The van der Waals surface area contributed by atoms with Crippen LogP contribution in [0.5, 0.6) is 0 Å². The van der Waals surface area contributed by atoms with E-state index in [0.29, 0.717) is 12.7 Å². The van der Waals surface area contributed by atoms with Gasteiger partial charge in [-0.05, 0) is 12.8 Å². The first-order valence-corrected chi connectivity index (χ1v) is 5.01. The van der Waals surface area contributed by atoms with Crippen LogP contribution in [-0.2, 0) is 4.79 Å². The average molecular weight is 185 g/mol. The number of rotatable bonds is 8. The van der Waals surface area contributed by atoms with Crippen molar-refractivity contribution in [2.75, 3.05) is 0 Å². The summed E-state index contributed by atoms with van der Waals surface area (Å²) in [5.74, 6) is 0. The molecule has 0 heterocycles. The van der Waals surface area contributed by atoms with Crippen LogP contribution in [0.2, 0.25) is 0 Å². The summed E-state index contributed by atoms with van der Waals surface area (Å²) in [6, 6.07) is 0. The third-order valence-corrected chi connectivity index (χ3v) is 2.05. The second kappa shape index (κ2) is 9.23. The zero-order valence-electron chi connectivity index (χ0n) is 8.33. The van der Waals surface area contributed by atoms with Crippen LogP contribution >= 0.6 is 0 Å². The lowest BCUT2D eigenvalue weighted by Crippen LogP contribution is -1.99. The minimum absolute atomic E-state index is 0.260. The number of unbranched alkanes of at least 4 members (excludes halogenated alkanes) is 5. The molecule has 3 heteroatoms. The molecule has 13 heavy (non-hydrogen) atoms. The fraction of sp³-hybridized carbons (Fsp3) is 0.800. The molecule has 0 amide bonds. The van der Waals surface area contributed by atoms with Gasteiger partial charge < -0.3 is 5.21 Å². The topological polar surface area (TPSA) is 49.7 Å². The van der Waals surface area contributed by atoms with Crippen molar-refractivity contribution in [1.82, 2.24) is 0 Å². The molecule has 76 valence electrons. The van der Waals surface area contributed by atoms with Gasteiger partial charge in [0.2, 0.25) is 0 Å². The molecule has 3 nitrogen and oxygen atoms in total. The monoisotopic (exact) mass is 185 g/mol. The average Bonchev–Trinajstić information content (AvgIpc) is 2.17. The highest BCUT2D eigenvalue weighted by atomic mass is 16.4. The van der Waals surface area contributed by atoms with Gasteiger partial charge in [-0.3, -0.25) is 4.79 Å². The standard InChI is InChI=1S/C10H19NO2/c1-2-3-4-5-6-7-8-10(9-12)11-13/h9,13H,2-8H2,1H3/b11-10+. The maximum Gasteiger partial charge on any atom is 0.167 e.